The number of aromatic nitrogens is 3. The molecule has 0 fully saturated rings. The quantitative estimate of drug-likeness (QED) is 0.156. The summed E-state index contributed by atoms with van der Waals surface area (Å²) in [6.07, 6.45) is 3.91. The van der Waals surface area contributed by atoms with E-state index in [0.29, 0.717) is 23.5 Å². The Morgan fingerprint density at radius 2 is 1.31 bits per heavy atom. The van der Waals surface area contributed by atoms with Crippen LogP contribution in [-0.2, 0) is 20.1 Å². The summed E-state index contributed by atoms with van der Waals surface area (Å²) in [5, 5.41) is 2.06. The summed E-state index contributed by atoms with van der Waals surface area (Å²) < 4.78 is 6.42. The van der Waals surface area contributed by atoms with Gasteiger partial charge in [0.1, 0.15) is 0 Å². The van der Waals surface area contributed by atoms with Crippen LogP contribution in [0.5, 0.6) is 0 Å². The summed E-state index contributed by atoms with van der Waals surface area (Å²) in [6.45, 7) is 21.9. The summed E-state index contributed by atoms with van der Waals surface area (Å²) >= 11 is 0. The van der Waals surface area contributed by atoms with Crippen LogP contribution < -0.4 is 0 Å². The van der Waals surface area contributed by atoms with E-state index in [1.54, 1.807) is 0 Å². The number of nitrogens with zero attached hydrogens (tertiary/aromatic N) is 3. The van der Waals surface area contributed by atoms with E-state index in [-0.39, 0.29) is 20.1 Å². The van der Waals surface area contributed by atoms with Crippen molar-refractivity contribution in [1.82, 2.24) is 15.0 Å². The van der Waals surface area contributed by atoms with E-state index < -0.39 is 0 Å². The number of fused-ring (bicyclic) bond motifs is 3. The normalized spacial score (nSPS) is 11.3. The molecule has 0 saturated heterocycles. The fourth-order valence-corrected chi connectivity index (χ4v) is 7.13. The molecule has 0 aliphatic rings. The first-order valence-corrected chi connectivity index (χ1v) is 17.6. The fraction of sp³-hybridized carbons (Fsp3) is 0.283. The molecule has 1 radical (unpaired) electrons. The number of aryl methyl sites for hydroxylation is 6. The third-order valence-corrected chi connectivity index (χ3v) is 9.85. The maximum absolute atomic E-state index is 6.42. The minimum atomic E-state index is 0. The van der Waals surface area contributed by atoms with Crippen molar-refractivity contribution in [3.63, 3.8) is 0 Å². The number of furan rings is 1. The van der Waals surface area contributed by atoms with Crippen molar-refractivity contribution in [3.8, 4) is 33.8 Å². The van der Waals surface area contributed by atoms with Crippen molar-refractivity contribution in [2.45, 2.75) is 75.2 Å². The van der Waals surface area contributed by atoms with E-state index in [1.807, 2.05) is 24.5 Å². The zero-order valence-electron chi connectivity index (χ0n) is 31.4. The van der Waals surface area contributed by atoms with Gasteiger partial charge in [-0.1, -0.05) is 81.5 Å². The molecule has 7 aromatic rings. The maximum Gasteiger partial charge on any atom is 0.216 e. The average molecular weight is 850 g/mol. The molecule has 0 bridgehead atoms. The minimum absolute atomic E-state index is 0. The van der Waals surface area contributed by atoms with E-state index >= 15 is 0 Å². The van der Waals surface area contributed by atoms with E-state index in [0.717, 1.165) is 44.6 Å². The number of pyridine rings is 3. The van der Waals surface area contributed by atoms with Gasteiger partial charge in [0, 0.05) is 43.4 Å². The second kappa shape index (κ2) is 15.8. The van der Waals surface area contributed by atoms with Crippen LogP contribution in [0.1, 0.15) is 72.6 Å². The molecular weight excluding hydrogens is 803 g/mol. The Bertz CT molecular complexity index is 2270. The zero-order valence-corrected chi connectivity index (χ0v) is 33.8. The zero-order chi connectivity index (χ0) is 35.7. The molecule has 0 N–H and O–H groups in total. The number of hydrogen-bond acceptors (Lipinski definition) is 4. The molecule has 0 aliphatic heterocycles. The molecule has 0 spiro atoms. The van der Waals surface area contributed by atoms with Crippen molar-refractivity contribution in [2.24, 2.45) is 11.8 Å². The first-order valence-electron chi connectivity index (χ1n) is 17.6. The Kier molecular flexibility index (Phi) is 11.7. The number of benzene rings is 3. The Labute approximate surface area is 317 Å². The second-order valence-corrected chi connectivity index (χ2v) is 14.4. The predicted octanol–water partition coefficient (Wildman–Crippen LogP) is 12.3. The largest absolute Gasteiger partial charge is 0.486 e. The van der Waals surface area contributed by atoms with Crippen LogP contribution in [0.3, 0.4) is 0 Å². The van der Waals surface area contributed by atoms with Crippen LogP contribution in [0.2, 0.25) is 0 Å². The topological polar surface area (TPSA) is 51.8 Å². The van der Waals surface area contributed by atoms with Gasteiger partial charge in [-0.3, -0.25) is 0 Å². The molecule has 3 aromatic carbocycles. The summed E-state index contributed by atoms with van der Waals surface area (Å²) in [5.41, 5.74) is 16.1. The fourth-order valence-electron chi connectivity index (χ4n) is 7.13. The summed E-state index contributed by atoms with van der Waals surface area (Å²) in [6, 6.07) is 31.7. The maximum atomic E-state index is 6.42. The van der Waals surface area contributed by atoms with Crippen molar-refractivity contribution >= 4 is 22.1 Å². The van der Waals surface area contributed by atoms with E-state index in [9.17, 15) is 0 Å². The molecule has 0 saturated carbocycles. The van der Waals surface area contributed by atoms with Crippen LogP contribution >= 0.6 is 0 Å². The SMILES string of the molecule is Cc1c[c-]c(-c2cc(C)c(C)cn2)cc1.Cc1cnc(-c2[c-]ccc3c2oc2nc(-c4c(C)cccc4C)ccc23)cc1C(C(C)C)C(C)C.[Ir]. The Morgan fingerprint density at radius 1 is 0.627 bits per heavy atom. The standard InChI is InChI=1S/C32H33N2O.C14H14N.Ir/c1-18(2)29(19(3)4)26-16-28(33-17-22(26)7)25-13-9-12-23-24-14-15-27(34-32(24)35-31(23)25)30-20(5)10-8-11-21(30)6;1-10-4-6-13(7-5-10)14-8-11(2)12(3)9-15-14;/h8-12,14-19,29H,1-7H3;4-6,8-9H,1-3H3;/q2*-1;. The van der Waals surface area contributed by atoms with Gasteiger partial charge in [-0.25, -0.2) is 4.98 Å². The molecule has 7 rings (SSSR count). The average Bonchev–Trinajstić information content (AvgIpc) is 3.45. The smallest absolute Gasteiger partial charge is 0.216 e. The second-order valence-electron chi connectivity index (χ2n) is 14.4. The van der Waals surface area contributed by atoms with Crippen LogP contribution in [0.25, 0.3) is 55.8 Å². The molecule has 51 heavy (non-hydrogen) atoms. The Balaban J connectivity index is 0.000000264. The van der Waals surface area contributed by atoms with Gasteiger partial charge in [0.05, 0.1) is 11.3 Å². The molecule has 0 amide bonds. The van der Waals surface area contributed by atoms with Gasteiger partial charge in [-0.15, -0.1) is 53.6 Å². The number of rotatable bonds is 6. The van der Waals surface area contributed by atoms with Crippen molar-refractivity contribution < 1.29 is 24.5 Å². The first kappa shape index (κ1) is 37.8. The van der Waals surface area contributed by atoms with Crippen molar-refractivity contribution in [1.29, 1.82) is 0 Å². The molecule has 0 atom stereocenters. The van der Waals surface area contributed by atoms with Crippen LogP contribution in [0, 0.1) is 65.5 Å². The predicted molar refractivity (Wildman–Crippen MR) is 208 cm³/mol. The van der Waals surface area contributed by atoms with Crippen molar-refractivity contribution in [2.75, 3.05) is 0 Å². The molecule has 263 valence electrons. The van der Waals surface area contributed by atoms with E-state index in [4.69, 9.17) is 14.4 Å². The summed E-state index contributed by atoms with van der Waals surface area (Å²) in [4.78, 5) is 14.2. The molecule has 4 aromatic heterocycles. The summed E-state index contributed by atoms with van der Waals surface area (Å²) in [7, 11) is 0. The van der Waals surface area contributed by atoms with Crippen LogP contribution in [0.4, 0.5) is 0 Å². The molecule has 4 heterocycles. The monoisotopic (exact) mass is 850 g/mol. The molecule has 5 heteroatoms. The molecule has 0 aliphatic carbocycles. The molecule has 0 unspecified atom stereocenters. The number of hydrogen-bond donors (Lipinski definition) is 0. The Hall–Kier alpha value is -4.44. The van der Waals surface area contributed by atoms with Gasteiger partial charge in [0.15, 0.2) is 0 Å². The van der Waals surface area contributed by atoms with Gasteiger partial charge in [-0.2, -0.15) is 0 Å². The third kappa shape index (κ3) is 7.91. The third-order valence-electron chi connectivity index (χ3n) is 9.85. The van der Waals surface area contributed by atoms with Gasteiger partial charge in [0.25, 0.3) is 0 Å². The Morgan fingerprint density at radius 3 is 1.96 bits per heavy atom. The first-order chi connectivity index (χ1) is 23.9. The van der Waals surface area contributed by atoms with E-state index in [2.05, 4.69) is 147 Å². The van der Waals surface area contributed by atoms with Gasteiger partial charge in [-0.05, 0) is 104 Å². The van der Waals surface area contributed by atoms with Crippen molar-refractivity contribution in [3.05, 3.63) is 136 Å². The van der Waals surface area contributed by atoms with Crippen LogP contribution in [0.15, 0.2) is 89.6 Å². The van der Waals surface area contributed by atoms with E-state index in [1.165, 1.54) is 44.5 Å². The van der Waals surface area contributed by atoms with Gasteiger partial charge < -0.3 is 14.4 Å². The molecule has 4 nitrogen and oxygen atoms in total. The minimum Gasteiger partial charge on any atom is -0.486 e. The van der Waals surface area contributed by atoms with Crippen LogP contribution in [-0.4, -0.2) is 15.0 Å². The molecular formula is C46H47IrN3O-2. The summed E-state index contributed by atoms with van der Waals surface area (Å²) in [5.74, 6) is 1.55. The van der Waals surface area contributed by atoms with Gasteiger partial charge in [0.2, 0.25) is 5.71 Å². The van der Waals surface area contributed by atoms with Gasteiger partial charge >= 0.3 is 0 Å².